The Morgan fingerprint density at radius 2 is 1.97 bits per heavy atom. The molecule has 0 radical (unpaired) electrons. The van der Waals surface area contributed by atoms with E-state index in [-0.39, 0.29) is 17.2 Å². The number of nitrogens with zero attached hydrogens (tertiary/aromatic N) is 1. The van der Waals surface area contributed by atoms with Gasteiger partial charge in [-0.25, -0.2) is 0 Å². The van der Waals surface area contributed by atoms with Gasteiger partial charge in [-0.05, 0) is 79.7 Å². The minimum atomic E-state index is -0.971. The third-order valence-electron chi connectivity index (χ3n) is 9.56. The van der Waals surface area contributed by atoms with Gasteiger partial charge < -0.3 is 10.0 Å². The topological polar surface area (TPSA) is 57.6 Å². The fourth-order valence-corrected chi connectivity index (χ4v) is 7.62. The number of allylic oxidation sites excluding steroid dienone is 4. The summed E-state index contributed by atoms with van der Waals surface area (Å²) < 4.78 is 0. The first-order valence-corrected chi connectivity index (χ1v) is 13.2. The van der Waals surface area contributed by atoms with Crippen LogP contribution < -0.4 is 4.90 Å². The van der Waals surface area contributed by atoms with Crippen LogP contribution in [0.4, 0.5) is 5.69 Å². The second kappa shape index (κ2) is 8.79. The zero-order valence-corrected chi connectivity index (χ0v) is 21.5. The molecule has 35 heavy (non-hydrogen) atoms. The molecule has 0 aromatic heterocycles. The predicted molar refractivity (Wildman–Crippen MR) is 139 cm³/mol. The number of hydrogen-bond donors (Lipinski definition) is 1. The van der Waals surface area contributed by atoms with Gasteiger partial charge in [0.15, 0.2) is 0 Å². The lowest BCUT2D eigenvalue weighted by atomic mass is 9.51. The normalized spacial score (nSPS) is 33.7. The Morgan fingerprint density at radius 3 is 2.66 bits per heavy atom. The summed E-state index contributed by atoms with van der Waals surface area (Å²) in [6.45, 7) is 5.96. The van der Waals surface area contributed by atoms with Crippen molar-refractivity contribution in [2.24, 2.45) is 17.3 Å². The van der Waals surface area contributed by atoms with Crippen LogP contribution in [0, 0.1) is 29.1 Å². The maximum Gasteiger partial charge on any atom is 0.226 e. The highest BCUT2D eigenvalue weighted by atomic mass is 16.3. The van der Waals surface area contributed by atoms with E-state index in [0.29, 0.717) is 36.9 Å². The van der Waals surface area contributed by atoms with Gasteiger partial charge >= 0.3 is 0 Å². The standard InChI is InChI=1S/C31H37NO3/c1-5-16-31(35)17-15-27-25-13-9-21-18-23(33)12-14-24(21)29(25)26(19-30(27,31)3)20-7-10-22(11-8-20)32(4)28(34)6-2/h7-11,25-27,35H,6,12-15,17-19H2,1-4H3/t25?,26-,27?,30+,31+/m1/s1. The number of carbonyl (C=O) groups excluding carboxylic acids is 2. The number of hydrogen-bond acceptors (Lipinski definition) is 3. The van der Waals surface area contributed by atoms with Crippen molar-refractivity contribution in [3.05, 3.63) is 52.6 Å². The van der Waals surface area contributed by atoms with Gasteiger partial charge in [-0.15, -0.1) is 5.92 Å². The van der Waals surface area contributed by atoms with Crippen LogP contribution in [0.2, 0.25) is 0 Å². The van der Waals surface area contributed by atoms with Crippen molar-refractivity contribution in [2.45, 2.75) is 83.7 Å². The van der Waals surface area contributed by atoms with Gasteiger partial charge in [0.25, 0.3) is 0 Å². The molecule has 0 aliphatic heterocycles. The van der Waals surface area contributed by atoms with E-state index in [1.54, 1.807) is 4.90 Å². The number of carbonyl (C=O) groups is 2. The quantitative estimate of drug-likeness (QED) is 0.574. The molecule has 1 aromatic rings. The molecule has 2 unspecified atom stereocenters. The van der Waals surface area contributed by atoms with E-state index in [0.717, 1.165) is 37.8 Å². The molecule has 4 nitrogen and oxygen atoms in total. The molecular formula is C31H37NO3. The highest BCUT2D eigenvalue weighted by molar-refractivity contribution is 5.92. The average Bonchev–Trinajstić information content (AvgIpc) is 3.12. The number of benzene rings is 1. The highest BCUT2D eigenvalue weighted by Crippen LogP contribution is 2.66. The Morgan fingerprint density at radius 1 is 1.23 bits per heavy atom. The molecule has 5 rings (SSSR count). The number of rotatable bonds is 3. The van der Waals surface area contributed by atoms with E-state index in [2.05, 4.69) is 37.0 Å². The number of ketones is 1. The Balaban J connectivity index is 1.61. The molecule has 0 spiro atoms. The summed E-state index contributed by atoms with van der Waals surface area (Å²) in [5.41, 5.74) is 5.03. The third-order valence-corrected chi connectivity index (χ3v) is 9.56. The molecule has 1 N–H and O–H groups in total. The van der Waals surface area contributed by atoms with Gasteiger partial charge in [-0.1, -0.05) is 43.5 Å². The van der Waals surface area contributed by atoms with Gasteiger partial charge in [0, 0.05) is 43.3 Å². The van der Waals surface area contributed by atoms with Gasteiger partial charge in [-0.2, -0.15) is 0 Å². The summed E-state index contributed by atoms with van der Waals surface area (Å²) in [7, 11) is 1.83. The first-order valence-electron chi connectivity index (χ1n) is 13.2. The molecular weight excluding hydrogens is 434 g/mol. The van der Waals surface area contributed by atoms with E-state index >= 15 is 0 Å². The van der Waals surface area contributed by atoms with Crippen molar-refractivity contribution in [3.8, 4) is 11.8 Å². The molecule has 3 fully saturated rings. The largest absolute Gasteiger partial charge is 0.377 e. The van der Waals surface area contributed by atoms with Crippen LogP contribution in [-0.2, 0) is 9.59 Å². The number of amides is 1. The summed E-state index contributed by atoms with van der Waals surface area (Å²) in [6.07, 6.45) is 8.33. The van der Waals surface area contributed by atoms with Crippen molar-refractivity contribution in [2.75, 3.05) is 11.9 Å². The summed E-state index contributed by atoms with van der Waals surface area (Å²) >= 11 is 0. The monoisotopic (exact) mass is 471 g/mol. The molecule has 4 heteroatoms. The third kappa shape index (κ3) is 3.71. The van der Waals surface area contributed by atoms with Crippen molar-refractivity contribution in [1.82, 2.24) is 0 Å². The second-order valence-corrected chi connectivity index (χ2v) is 11.2. The number of Topliss-reactive ketones (excluding diaryl/α,β-unsaturated/α-hetero) is 1. The lowest BCUT2D eigenvalue weighted by Crippen LogP contribution is -2.50. The molecule has 4 aliphatic carbocycles. The average molecular weight is 472 g/mol. The summed E-state index contributed by atoms with van der Waals surface area (Å²) in [6, 6.07) is 8.43. The second-order valence-electron chi connectivity index (χ2n) is 11.2. The highest BCUT2D eigenvalue weighted by Gasteiger charge is 2.62. The van der Waals surface area contributed by atoms with E-state index < -0.39 is 5.60 Å². The summed E-state index contributed by atoms with van der Waals surface area (Å²) in [4.78, 5) is 26.2. The van der Waals surface area contributed by atoms with E-state index in [1.165, 1.54) is 22.3 Å². The molecule has 1 amide bonds. The number of anilines is 1. The summed E-state index contributed by atoms with van der Waals surface area (Å²) in [5, 5.41) is 11.8. The van der Waals surface area contributed by atoms with Gasteiger partial charge in [0.1, 0.15) is 11.4 Å². The first kappa shape index (κ1) is 24.1. The van der Waals surface area contributed by atoms with Crippen LogP contribution in [-0.4, -0.2) is 29.4 Å². The fourth-order valence-electron chi connectivity index (χ4n) is 7.62. The minimum absolute atomic E-state index is 0.0962. The molecule has 184 valence electrons. The Kier molecular flexibility index (Phi) is 6.04. The molecule has 0 saturated heterocycles. The first-order chi connectivity index (χ1) is 16.7. The van der Waals surface area contributed by atoms with Gasteiger partial charge in [0.05, 0.1) is 0 Å². The smallest absolute Gasteiger partial charge is 0.226 e. The van der Waals surface area contributed by atoms with Crippen molar-refractivity contribution >= 4 is 17.4 Å². The van der Waals surface area contributed by atoms with Crippen LogP contribution in [0.3, 0.4) is 0 Å². The lowest BCUT2D eigenvalue weighted by Gasteiger charge is -2.53. The molecule has 3 saturated carbocycles. The zero-order valence-electron chi connectivity index (χ0n) is 21.5. The van der Waals surface area contributed by atoms with Crippen molar-refractivity contribution < 1.29 is 14.7 Å². The van der Waals surface area contributed by atoms with Crippen LogP contribution >= 0.6 is 0 Å². The number of fused-ring (bicyclic) bond motifs is 4. The Hall–Kier alpha value is -2.64. The lowest BCUT2D eigenvalue weighted by molar-refractivity contribution is -0.119. The molecule has 0 heterocycles. The molecule has 0 bridgehead atoms. The zero-order chi connectivity index (χ0) is 25.0. The van der Waals surface area contributed by atoms with Gasteiger partial charge in [-0.3, -0.25) is 9.59 Å². The van der Waals surface area contributed by atoms with Crippen LogP contribution in [0.5, 0.6) is 0 Å². The van der Waals surface area contributed by atoms with Crippen LogP contribution in [0.1, 0.15) is 83.6 Å². The Labute approximate surface area is 209 Å². The minimum Gasteiger partial charge on any atom is -0.377 e. The van der Waals surface area contributed by atoms with Crippen molar-refractivity contribution in [3.63, 3.8) is 0 Å². The maximum absolute atomic E-state index is 12.3. The van der Waals surface area contributed by atoms with Crippen LogP contribution in [0.25, 0.3) is 0 Å². The molecule has 4 aliphatic rings. The molecule has 1 aromatic carbocycles. The molecule has 5 atom stereocenters. The SMILES string of the molecule is CC#C[C@]1(O)CCC2C3CC=C4CC(=O)CCC4=C3[C@@H](c3ccc(N(C)C(=O)CC)cc3)C[C@@]21C. The fraction of sp³-hybridized carbons (Fsp3) is 0.548. The van der Waals surface area contributed by atoms with Crippen molar-refractivity contribution in [1.29, 1.82) is 0 Å². The van der Waals surface area contributed by atoms with E-state index in [4.69, 9.17) is 0 Å². The maximum atomic E-state index is 12.3. The van der Waals surface area contributed by atoms with E-state index in [9.17, 15) is 14.7 Å². The van der Waals surface area contributed by atoms with E-state index in [1.807, 2.05) is 33.0 Å². The number of aliphatic hydroxyl groups is 1. The van der Waals surface area contributed by atoms with Crippen LogP contribution in [0.15, 0.2) is 47.1 Å². The van der Waals surface area contributed by atoms with Gasteiger partial charge in [0.2, 0.25) is 5.91 Å². The Bertz CT molecular complexity index is 1180. The summed E-state index contributed by atoms with van der Waals surface area (Å²) in [5.74, 6) is 7.62. The predicted octanol–water partition coefficient (Wildman–Crippen LogP) is 5.71.